The molecule has 2 rings (SSSR count). The van der Waals surface area contributed by atoms with Crippen molar-refractivity contribution in [2.45, 2.75) is 32.1 Å². The summed E-state index contributed by atoms with van der Waals surface area (Å²) in [4.78, 5) is 0. The second kappa shape index (κ2) is 5.28. The van der Waals surface area contributed by atoms with E-state index in [0.29, 0.717) is 5.92 Å². The van der Waals surface area contributed by atoms with Gasteiger partial charge in [-0.2, -0.15) is 0 Å². The Morgan fingerprint density at radius 1 is 1.47 bits per heavy atom. The van der Waals surface area contributed by atoms with E-state index in [-0.39, 0.29) is 0 Å². The van der Waals surface area contributed by atoms with Gasteiger partial charge in [0.1, 0.15) is 5.75 Å². The molecule has 0 radical (unpaired) electrons. The van der Waals surface area contributed by atoms with Gasteiger partial charge in [-0.05, 0) is 67.8 Å². The van der Waals surface area contributed by atoms with Crippen molar-refractivity contribution in [3.63, 3.8) is 0 Å². The number of benzene rings is 1. The number of ether oxygens (including phenoxy) is 1. The van der Waals surface area contributed by atoms with Gasteiger partial charge in [-0.1, -0.05) is 11.6 Å². The number of halogens is 1. The van der Waals surface area contributed by atoms with Crippen molar-refractivity contribution in [1.29, 1.82) is 0 Å². The van der Waals surface area contributed by atoms with E-state index in [9.17, 15) is 0 Å². The minimum absolute atomic E-state index is 0.507. The van der Waals surface area contributed by atoms with Gasteiger partial charge < -0.3 is 10.5 Å². The van der Waals surface area contributed by atoms with E-state index in [2.05, 4.69) is 6.07 Å². The van der Waals surface area contributed by atoms with Crippen LogP contribution in [0.3, 0.4) is 0 Å². The van der Waals surface area contributed by atoms with Gasteiger partial charge in [-0.15, -0.1) is 0 Å². The smallest absolute Gasteiger partial charge is 0.122 e. The molecular formula is C14H20ClNO. The standard InChI is InChI=1S/C14H20ClNO/c1-9-7-14(17-2)12(8-13(9)15)11(5-6-16)10-3-4-10/h7-8,10-11H,3-6,16H2,1-2H3. The Labute approximate surface area is 108 Å². The SMILES string of the molecule is COc1cc(C)c(Cl)cc1C(CCN)C1CC1. The molecule has 1 saturated carbocycles. The zero-order valence-corrected chi connectivity index (χ0v) is 11.3. The fraction of sp³-hybridized carbons (Fsp3) is 0.571. The maximum Gasteiger partial charge on any atom is 0.122 e. The average molecular weight is 254 g/mol. The molecule has 0 bridgehead atoms. The lowest BCUT2D eigenvalue weighted by Crippen LogP contribution is -2.10. The maximum absolute atomic E-state index is 6.23. The number of methoxy groups -OCH3 is 1. The zero-order valence-electron chi connectivity index (χ0n) is 10.5. The van der Waals surface area contributed by atoms with E-state index in [4.69, 9.17) is 22.1 Å². The third-order valence-electron chi connectivity index (χ3n) is 3.58. The summed E-state index contributed by atoms with van der Waals surface area (Å²) >= 11 is 6.23. The molecule has 2 nitrogen and oxygen atoms in total. The molecule has 0 saturated heterocycles. The quantitative estimate of drug-likeness (QED) is 0.872. The van der Waals surface area contributed by atoms with Crippen LogP contribution < -0.4 is 10.5 Å². The molecule has 0 aliphatic heterocycles. The summed E-state index contributed by atoms with van der Waals surface area (Å²) in [6.07, 6.45) is 3.62. The Bertz CT molecular complexity index is 401. The van der Waals surface area contributed by atoms with Gasteiger partial charge in [0.05, 0.1) is 7.11 Å². The van der Waals surface area contributed by atoms with Gasteiger partial charge in [-0.25, -0.2) is 0 Å². The number of nitrogens with two attached hydrogens (primary N) is 1. The Morgan fingerprint density at radius 3 is 2.71 bits per heavy atom. The van der Waals surface area contributed by atoms with Gasteiger partial charge in [0.2, 0.25) is 0 Å². The molecule has 1 aromatic carbocycles. The summed E-state index contributed by atoms with van der Waals surface area (Å²) in [5.74, 6) is 2.23. The summed E-state index contributed by atoms with van der Waals surface area (Å²) in [7, 11) is 1.72. The van der Waals surface area contributed by atoms with Crippen LogP contribution in [0, 0.1) is 12.8 Å². The normalized spacial score (nSPS) is 16.9. The van der Waals surface area contributed by atoms with Gasteiger partial charge in [0.25, 0.3) is 0 Å². The summed E-state index contributed by atoms with van der Waals surface area (Å²) in [6.45, 7) is 2.72. The first-order valence-electron chi connectivity index (χ1n) is 6.21. The Hall–Kier alpha value is -0.730. The predicted octanol–water partition coefficient (Wildman–Crippen LogP) is 3.50. The van der Waals surface area contributed by atoms with Crippen molar-refractivity contribution in [3.8, 4) is 5.75 Å². The molecule has 0 amide bonds. The van der Waals surface area contributed by atoms with Crippen LogP contribution in [0.1, 0.15) is 36.3 Å². The molecule has 2 N–H and O–H groups in total. The van der Waals surface area contributed by atoms with Crippen molar-refractivity contribution in [3.05, 3.63) is 28.3 Å². The second-order valence-electron chi connectivity index (χ2n) is 4.86. The Morgan fingerprint density at radius 2 is 2.18 bits per heavy atom. The topological polar surface area (TPSA) is 35.2 Å². The first-order valence-corrected chi connectivity index (χ1v) is 6.59. The number of aryl methyl sites for hydroxylation is 1. The Kier molecular flexibility index (Phi) is 3.95. The van der Waals surface area contributed by atoms with Gasteiger partial charge in [0.15, 0.2) is 0 Å². The van der Waals surface area contributed by atoms with Gasteiger partial charge >= 0.3 is 0 Å². The molecule has 3 heteroatoms. The van der Waals surface area contributed by atoms with Crippen molar-refractivity contribution >= 4 is 11.6 Å². The van der Waals surface area contributed by atoms with E-state index in [1.807, 2.05) is 13.0 Å². The summed E-state index contributed by atoms with van der Waals surface area (Å²) in [6, 6.07) is 4.10. The predicted molar refractivity (Wildman–Crippen MR) is 71.9 cm³/mol. The van der Waals surface area contributed by atoms with E-state index >= 15 is 0 Å². The minimum atomic E-state index is 0.507. The highest BCUT2D eigenvalue weighted by atomic mass is 35.5. The lowest BCUT2D eigenvalue weighted by atomic mass is 9.89. The molecule has 1 unspecified atom stereocenters. The molecule has 94 valence electrons. The highest BCUT2D eigenvalue weighted by Gasteiger charge is 2.33. The lowest BCUT2D eigenvalue weighted by Gasteiger charge is -2.20. The largest absolute Gasteiger partial charge is 0.496 e. The third kappa shape index (κ3) is 2.75. The monoisotopic (exact) mass is 253 g/mol. The molecule has 0 aromatic heterocycles. The Balaban J connectivity index is 2.36. The number of rotatable bonds is 5. The van der Waals surface area contributed by atoms with Gasteiger partial charge in [0, 0.05) is 5.02 Å². The van der Waals surface area contributed by atoms with E-state index in [1.54, 1.807) is 7.11 Å². The van der Waals surface area contributed by atoms with Crippen molar-refractivity contribution in [2.24, 2.45) is 11.7 Å². The molecule has 17 heavy (non-hydrogen) atoms. The molecule has 1 atom stereocenters. The summed E-state index contributed by atoms with van der Waals surface area (Å²) < 4.78 is 5.49. The molecule has 1 aliphatic carbocycles. The first-order chi connectivity index (χ1) is 8.17. The fourth-order valence-electron chi connectivity index (χ4n) is 2.46. The highest BCUT2D eigenvalue weighted by molar-refractivity contribution is 6.31. The zero-order chi connectivity index (χ0) is 12.4. The van der Waals surface area contributed by atoms with Crippen LogP contribution in [-0.2, 0) is 0 Å². The fourth-order valence-corrected chi connectivity index (χ4v) is 2.63. The van der Waals surface area contributed by atoms with E-state index in [1.165, 1.54) is 18.4 Å². The van der Waals surface area contributed by atoms with Gasteiger partial charge in [-0.3, -0.25) is 0 Å². The van der Waals surface area contributed by atoms with E-state index < -0.39 is 0 Å². The van der Waals surface area contributed by atoms with Crippen LogP contribution in [-0.4, -0.2) is 13.7 Å². The van der Waals surface area contributed by atoms with Crippen LogP contribution in [0.2, 0.25) is 5.02 Å². The van der Waals surface area contributed by atoms with Crippen LogP contribution in [0.15, 0.2) is 12.1 Å². The van der Waals surface area contributed by atoms with Crippen molar-refractivity contribution < 1.29 is 4.74 Å². The van der Waals surface area contributed by atoms with Crippen molar-refractivity contribution in [1.82, 2.24) is 0 Å². The lowest BCUT2D eigenvalue weighted by molar-refractivity contribution is 0.400. The molecule has 1 fully saturated rings. The molecule has 0 heterocycles. The highest BCUT2D eigenvalue weighted by Crippen LogP contribution is 2.47. The first kappa shape index (κ1) is 12.7. The molecular weight excluding hydrogens is 234 g/mol. The molecule has 0 spiro atoms. The second-order valence-corrected chi connectivity index (χ2v) is 5.27. The van der Waals surface area contributed by atoms with Crippen LogP contribution in [0.4, 0.5) is 0 Å². The molecule has 1 aliphatic rings. The van der Waals surface area contributed by atoms with Crippen molar-refractivity contribution in [2.75, 3.05) is 13.7 Å². The van der Waals surface area contributed by atoms with Crippen LogP contribution >= 0.6 is 11.6 Å². The number of hydrogen-bond acceptors (Lipinski definition) is 2. The maximum atomic E-state index is 6.23. The number of hydrogen-bond donors (Lipinski definition) is 1. The third-order valence-corrected chi connectivity index (χ3v) is 3.99. The van der Waals surface area contributed by atoms with Crippen LogP contribution in [0.25, 0.3) is 0 Å². The molecule has 1 aromatic rings. The summed E-state index contributed by atoms with van der Waals surface area (Å²) in [5, 5.41) is 0.823. The van der Waals surface area contributed by atoms with Crippen LogP contribution in [0.5, 0.6) is 5.75 Å². The summed E-state index contributed by atoms with van der Waals surface area (Å²) in [5.41, 5.74) is 8.01. The minimum Gasteiger partial charge on any atom is -0.496 e. The van der Waals surface area contributed by atoms with E-state index in [0.717, 1.165) is 35.2 Å². The average Bonchev–Trinajstić information content (AvgIpc) is 3.13.